The smallest absolute Gasteiger partial charge is 0.275 e. The van der Waals surface area contributed by atoms with Crippen LogP contribution in [0.1, 0.15) is 16.1 Å². The molecule has 0 aliphatic rings. The lowest BCUT2D eigenvalue weighted by molar-refractivity contribution is 0.0941. The normalized spacial score (nSPS) is 10.5. The third-order valence-electron chi connectivity index (χ3n) is 3.56. The molecule has 3 aromatic rings. The molecular weight excluding hydrogens is 422 g/mol. The number of rotatable bonds is 4. The first-order valence-electron chi connectivity index (χ1n) is 7.56. The number of hydrogen-bond donors (Lipinski definition) is 2. The topological polar surface area (TPSA) is 84.2 Å². The van der Waals surface area contributed by atoms with Crippen LogP contribution >= 0.6 is 27.5 Å². The van der Waals surface area contributed by atoms with E-state index in [1.165, 1.54) is 0 Å². The summed E-state index contributed by atoms with van der Waals surface area (Å²) >= 11 is 9.14. The van der Waals surface area contributed by atoms with Crippen molar-refractivity contribution in [1.29, 1.82) is 0 Å². The molecule has 0 aliphatic carbocycles. The molecule has 0 saturated carbocycles. The molecule has 0 spiro atoms. The number of halogens is 2. The number of carbonyl (C=O) groups excluding carboxylic acids is 1. The number of benzene rings is 2. The Labute approximate surface area is 162 Å². The highest BCUT2D eigenvalue weighted by Gasteiger charge is 2.16. The first-order valence-corrected chi connectivity index (χ1v) is 8.73. The molecule has 2 N–H and O–H groups in total. The third-order valence-corrected chi connectivity index (χ3v) is 4.34. The summed E-state index contributed by atoms with van der Waals surface area (Å²) in [5.74, 6) is -1.07. The molecule has 26 heavy (non-hydrogen) atoms. The van der Waals surface area contributed by atoms with Crippen molar-refractivity contribution in [2.45, 2.75) is 6.54 Å². The van der Waals surface area contributed by atoms with E-state index in [0.717, 1.165) is 20.8 Å². The molecule has 1 heterocycles. The summed E-state index contributed by atoms with van der Waals surface area (Å²) in [6.45, 7) is 0.231. The first-order chi connectivity index (χ1) is 12.4. The van der Waals surface area contributed by atoms with Crippen molar-refractivity contribution in [2.75, 3.05) is 0 Å². The second-order valence-corrected chi connectivity index (χ2v) is 6.77. The van der Waals surface area contributed by atoms with Gasteiger partial charge in [-0.15, -0.1) is 0 Å². The monoisotopic (exact) mass is 433 g/mol. The average Bonchev–Trinajstić information content (AvgIpc) is 2.62. The molecule has 0 radical (unpaired) electrons. The number of hydrogen-bond acceptors (Lipinski definition) is 4. The van der Waals surface area contributed by atoms with Crippen LogP contribution in [0, 0.1) is 0 Å². The van der Waals surface area contributed by atoms with E-state index in [4.69, 9.17) is 11.6 Å². The van der Waals surface area contributed by atoms with Crippen LogP contribution in [-0.2, 0) is 6.54 Å². The van der Waals surface area contributed by atoms with Crippen LogP contribution in [0.3, 0.4) is 0 Å². The van der Waals surface area contributed by atoms with E-state index < -0.39 is 17.2 Å². The molecule has 132 valence electrons. The van der Waals surface area contributed by atoms with Gasteiger partial charge in [-0.1, -0.05) is 39.7 Å². The first kappa shape index (κ1) is 18.2. The van der Waals surface area contributed by atoms with Crippen LogP contribution in [-0.4, -0.2) is 20.8 Å². The highest BCUT2D eigenvalue weighted by molar-refractivity contribution is 9.10. The maximum atomic E-state index is 12.4. The van der Waals surface area contributed by atoms with Gasteiger partial charge in [0.05, 0.1) is 5.69 Å². The Balaban J connectivity index is 1.85. The fourth-order valence-electron chi connectivity index (χ4n) is 2.24. The van der Waals surface area contributed by atoms with Crippen LogP contribution in [0.2, 0.25) is 5.02 Å². The average molecular weight is 435 g/mol. The maximum absolute atomic E-state index is 12.4. The fraction of sp³-hybridized carbons (Fsp3) is 0.0556. The summed E-state index contributed by atoms with van der Waals surface area (Å²) in [5, 5.41) is 17.2. The number of aromatic nitrogens is 2. The van der Waals surface area contributed by atoms with E-state index >= 15 is 0 Å². The minimum absolute atomic E-state index is 0.231. The van der Waals surface area contributed by atoms with Gasteiger partial charge in [0, 0.05) is 22.1 Å². The van der Waals surface area contributed by atoms with Gasteiger partial charge in [0.25, 0.3) is 11.5 Å². The molecule has 2 aromatic carbocycles. The highest BCUT2D eigenvalue weighted by atomic mass is 79.9. The molecule has 0 unspecified atom stereocenters. The molecule has 3 rings (SSSR count). The Morgan fingerprint density at radius 1 is 1.15 bits per heavy atom. The maximum Gasteiger partial charge on any atom is 0.275 e. The van der Waals surface area contributed by atoms with Crippen molar-refractivity contribution < 1.29 is 9.90 Å². The van der Waals surface area contributed by atoms with E-state index in [0.29, 0.717) is 10.7 Å². The summed E-state index contributed by atoms with van der Waals surface area (Å²) in [6.07, 6.45) is 0. The van der Waals surface area contributed by atoms with E-state index in [-0.39, 0.29) is 12.2 Å². The van der Waals surface area contributed by atoms with Gasteiger partial charge in [0.1, 0.15) is 0 Å². The second kappa shape index (κ2) is 7.72. The molecule has 0 bridgehead atoms. The van der Waals surface area contributed by atoms with Gasteiger partial charge in [-0.05, 0) is 42.0 Å². The lowest BCUT2D eigenvalue weighted by atomic mass is 10.2. The van der Waals surface area contributed by atoms with Gasteiger partial charge < -0.3 is 10.4 Å². The number of nitrogens with zero attached hydrogens (tertiary/aromatic N) is 2. The predicted molar refractivity (Wildman–Crippen MR) is 102 cm³/mol. The minimum Gasteiger partial charge on any atom is -0.505 e. The zero-order valence-electron chi connectivity index (χ0n) is 13.3. The minimum atomic E-state index is -0.594. The van der Waals surface area contributed by atoms with Gasteiger partial charge in [0.15, 0.2) is 11.4 Å². The largest absolute Gasteiger partial charge is 0.505 e. The Kier molecular flexibility index (Phi) is 5.39. The fourth-order valence-corrected chi connectivity index (χ4v) is 2.63. The summed E-state index contributed by atoms with van der Waals surface area (Å²) in [7, 11) is 0. The number of carbonyl (C=O) groups is 1. The zero-order valence-corrected chi connectivity index (χ0v) is 15.7. The van der Waals surface area contributed by atoms with Crippen molar-refractivity contribution in [3.8, 4) is 11.4 Å². The van der Waals surface area contributed by atoms with Crippen LogP contribution in [0.4, 0.5) is 0 Å². The number of nitrogens with one attached hydrogen (secondary N) is 1. The molecular formula is C18H13BrClN3O3. The molecule has 8 heteroatoms. The Hall–Kier alpha value is -2.64. The van der Waals surface area contributed by atoms with Crippen molar-refractivity contribution in [3.05, 3.63) is 85.7 Å². The summed E-state index contributed by atoms with van der Waals surface area (Å²) in [4.78, 5) is 24.5. The highest BCUT2D eigenvalue weighted by Crippen LogP contribution is 2.15. The Bertz CT molecular complexity index is 1000. The Morgan fingerprint density at radius 2 is 1.81 bits per heavy atom. The molecule has 0 fully saturated rings. The van der Waals surface area contributed by atoms with Crippen molar-refractivity contribution in [1.82, 2.24) is 15.1 Å². The standard InChI is InChI=1S/C18H13BrClN3O3/c19-12-3-7-14(8-4-12)23-16(25)9-15(24)17(22-23)18(26)21-10-11-1-5-13(20)6-2-11/h1-9,24H,10H2,(H,21,26). The molecule has 0 saturated heterocycles. The molecule has 0 aliphatic heterocycles. The van der Waals surface area contributed by atoms with Crippen LogP contribution in [0.5, 0.6) is 5.75 Å². The van der Waals surface area contributed by atoms with E-state index in [1.54, 1.807) is 48.5 Å². The van der Waals surface area contributed by atoms with E-state index in [9.17, 15) is 14.7 Å². The third kappa shape index (κ3) is 4.12. The van der Waals surface area contributed by atoms with Crippen LogP contribution in [0.15, 0.2) is 63.9 Å². The summed E-state index contributed by atoms with van der Waals surface area (Å²) in [6, 6.07) is 14.8. The SMILES string of the molecule is O=C(NCc1ccc(Cl)cc1)c1nn(-c2ccc(Br)cc2)c(=O)cc1O. The van der Waals surface area contributed by atoms with Gasteiger partial charge in [-0.2, -0.15) is 9.78 Å². The van der Waals surface area contributed by atoms with Crippen molar-refractivity contribution >= 4 is 33.4 Å². The molecule has 0 atom stereocenters. The lowest BCUT2D eigenvalue weighted by Crippen LogP contribution is -2.29. The number of aromatic hydroxyl groups is 1. The van der Waals surface area contributed by atoms with E-state index in [1.807, 2.05) is 0 Å². The summed E-state index contributed by atoms with van der Waals surface area (Å²) in [5.41, 5.74) is 0.536. The van der Waals surface area contributed by atoms with Crippen molar-refractivity contribution in [3.63, 3.8) is 0 Å². The van der Waals surface area contributed by atoms with Gasteiger partial charge >= 0.3 is 0 Å². The lowest BCUT2D eigenvalue weighted by Gasteiger charge is -2.10. The molecule has 1 aromatic heterocycles. The van der Waals surface area contributed by atoms with E-state index in [2.05, 4.69) is 26.3 Å². The molecule has 1 amide bonds. The zero-order chi connectivity index (χ0) is 18.7. The predicted octanol–water partition coefficient (Wildman–Crippen LogP) is 3.28. The van der Waals surface area contributed by atoms with Gasteiger partial charge in [-0.3, -0.25) is 9.59 Å². The van der Waals surface area contributed by atoms with Gasteiger partial charge in [-0.25, -0.2) is 0 Å². The summed E-state index contributed by atoms with van der Waals surface area (Å²) < 4.78 is 1.90. The van der Waals surface area contributed by atoms with Gasteiger partial charge in [0.2, 0.25) is 0 Å². The number of amides is 1. The Morgan fingerprint density at radius 3 is 2.46 bits per heavy atom. The molecule has 6 nitrogen and oxygen atoms in total. The van der Waals surface area contributed by atoms with Crippen LogP contribution < -0.4 is 10.9 Å². The second-order valence-electron chi connectivity index (χ2n) is 5.41. The van der Waals surface area contributed by atoms with Crippen LogP contribution in [0.25, 0.3) is 5.69 Å². The van der Waals surface area contributed by atoms with Crippen molar-refractivity contribution in [2.24, 2.45) is 0 Å². The quantitative estimate of drug-likeness (QED) is 0.660.